The van der Waals surface area contributed by atoms with E-state index in [4.69, 9.17) is 0 Å². The molecule has 116 valence electrons. The lowest BCUT2D eigenvalue weighted by atomic mass is 9.50. The SMILES string of the molecule is CCS(=O)(=O)Nc1nnc(C23CC4CC(CC(C4)C2)C3)s1. The maximum absolute atomic E-state index is 11.7. The smallest absolute Gasteiger partial charge is 0.234 e. The highest BCUT2D eigenvalue weighted by atomic mass is 32.2. The average molecular weight is 327 g/mol. The highest BCUT2D eigenvalue weighted by Gasteiger charge is 2.53. The summed E-state index contributed by atoms with van der Waals surface area (Å²) in [6, 6.07) is 0. The summed E-state index contributed by atoms with van der Waals surface area (Å²) in [4.78, 5) is 0. The first-order chi connectivity index (χ1) is 9.98. The highest BCUT2D eigenvalue weighted by Crippen LogP contribution is 2.61. The maximum atomic E-state index is 11.7. The van der Waals surface area contributed by atoms with Crippen molar-refractivity contribution in [1.29, 1.82) is 0 Å². The zero-order valence-corrected chi connectivity index (χ0v) is 13.8. The molecule has 1 aromatic heterocycles. The normalized spacial score (nSPS) is 37.9. The first kappa shape index (κ1) is 13.9. The van der Waals surface area contributed by atoms with Gasteiger partial charge in [-0.15, -0.1) is 10.2 Å². The molecule has 4 aliphatic carbocycles. The summed E-state index contributed by atoms with van der Waals surface area (Å²) in [7, 11) is -3.26. The lowest BCUT2D eigenvalue weighted by Crippen LogP contribution is -2.48. The second-order valence-corrected chi connectivity index (χ2v) is 10.1. The molecule has 0 aromatic carbocycles. The minimum Gasteiger partial charge on any atom is -0.257 e. The van der Waals surface area contributed by atoms with Gasteiger partial charge in [-0.1, -0.05) is 11.3 Å². The summed E-state index contributed by atoms with van der Waals surface area (Å²) < 4.78 is 25.8. The van der Waals surface area contributed by atoms with Crippen LogP contribution in [0.3, 0.4) is 0 Å². The lowest BCUT2D eigenvalue weighted by molar-refractivity contribution is -0.00555. The van der Waals surface area contributed by atoms with Gasteiger partial charge in [0.25, 0.3) is 0 Å². The third kappa shape index (κ3) is 2.38. The molecular weight excluding hydrogens is 306 g/mol. The van der Waals surface area contributed by atoms with E-state index < -0.39 is 10.0 Å². The van der Waals surface area contributed by atoms with Crippen LogP contribution in [-0.4, -0.2) is 24.4 Å². The van der Waals surface area contributed by atoms with Crippen LogP contribution in [0, 0.1) is 17.8 Å². The molecule has 0 radical (unpaired) electrons. The molecule has 4 aliphatic rings. The van der Waals surface area contributed by atoms with Crippen molar-refractivity contribution in [2.45, 2.75) is 50.9 Å². The van der Waals surface area contributed by atoms with Crippen molar-refractivity contribution in [3.8, 4) is 0 Å². The van der Waals surface area contributed by atoms with E-state index in [-0.39, 0.29) is 11.2 Å². The Labute approximate surface area is 129 Å². The molecule has 1 heterocycles. The summed E-state index contributed by atoms with van der Waals surface area (Å²) >= 11 is 1.45. The Balaban J connectivity index is 1.61. The van der Waals surface area contributed by atoms with Gasteiger partial charge in [0, 0.05) is 5.41 Å². The number of rotatable bonds is 4. The predicted molar refractivity (Wildman–Crippen MR) is 82.8 cm³/mol. The Kier molecular flexibility index (Phi) is 3.09. The van der Waals surface area contributed by atoms with Gasteiger partial charge in [0.1, 0.15) is 5.01 Å². The molecule has 0 saturated heterocycles. The molecule has 21 heavy (non-hydrogen) atoms. The van der Waals surface area contributed by atoms with Crippen molar-refractivity contribution >= 4 is 26.5 Å². The predicted octanol–water partition coefficient (Wildman–Crippen LogP) is 2.77. The summed E-state index contributed by atoms with van der Waals surface area (Å²) in [5.41, 5.74) is 0.197. The van der Waals surface area contributed by atoms with Crippen LogP contribution >= 0.6 is 11.3 Å². The Morgan fingerprint density at radius 1 is 1.14 bits per heavy atom. The number of sulfonamides is 1. The molecule has 0 atom stereocenters. The van der Waals surface area contributed by atoms with Crippen molar-refractivity contribution in [2.24, 2.45) is 17.8 Å². The summed E-state index contributed by atoms with van der Waals surface area (Å²) in [5.74, 6) is 2.64. The van der Waals surface area contributed by atoms with Gasteiger partial charge in [-0.3, -0.25) is 4.72 Å². The van der Waals surface area contributed by atoms with E-state index in [9.17, 15) is 8.42 Å². The van der Waals surface area contributed by atoms with Crippen LogP contribution in [0.4, 0.5) is 5.13 Å². The van der Waals surface area contributed by atoms with Gasteiger partial charge in [0.15, 0.2) is 0 Å². The number of anilines is 1. The van der Waals surface area contributed by atoms with Gasteiger partial charge in [-0.25, -0.2) is 8.42 Å². The molecule has 4 bridgehead atoms. The van der Waals surface area contributed by atoms with Gasteiger partial charge in [-0.05, 0) is 63.2 Å². The molecule has 4 fully saturated rings. The molecule has 1 aromatic rings. The van der Waals surface area contributed by atoms with Crippen LogP contribution in [-0.2, 0) is 15.4 Å². The molecule has 5 rings (SSSR count). The van der Waals surface area contributed by atoms with Crippen molar-refractivity contribution < 1.29 is 8.42 Å². The largest absolute Gasteiger partial charge is 0.257 e. The molecule has 0 amide bonds. The van der Waals surface area contributed by atoms with Gasteiger partial charge < -0.3 is 0 Å². The zero-order chi connectivity index (χ0) is 14.7. The summed E-state index contributed by atoms with van der Waals surface area (Å²) in [6.45, 7) is 1.63. The number of aromatic nitrogens is 2. The average Bonchev–Trinajstić information content (AvgIpc) is 2.85. The summed E-state index contributed by atoms with van der Waals surface area (Å²) in [5, 5.41) is 9.95. The van der Waals surface area contributed by atoms with Crippen LogP contribution in [0.1, 0.15) is 50.5 Å². The minimum absolute atomic E-state index is 0.0687. The minimum atomic E-state index is -3.26. The zero-order valence-electron chi connectivity index (χ0n) is 12.2. The van der Waals surface area contributed by atoms with E-state index >= 15 is 0 Å². The number of hydrogen-bond donors (Lipinski definition) is 1. The van der Waals surface area contributed by atoms with Crippen molar-refractivity contribution in [2.75, 3.05) is 10.5 Å². The van der Waals surface area contributed by atoms with Crippen LogP contribution in [0.15, 0.2) is 0 Å². The summed E-state index contributed by atoms with van der Waals surface area (Å²) in [6.07, 6.45) is 7.88. The van der Waals surface area contributed by atoms with Crippen molar-refractivity contribution in [3.05, 3.63) is 5.01 Å². The maximum Gasteiger partial charge on any atom is 0.234 e. The topological polar surface area (TPSA) is 72.0 Å². The standard InChI is InChI=1S/C14H21N3O2S2/c1-2-21(18,19)17-13-16-15-12(20-13)14-6-9-3-10(7-14)5-11(4-9)8-14/h9-11H,2-8H2,1H3,(H,16,17). The number of hydrogen-bond acceptors (Lipinski definition) is 5. The second-order valence-electron chi connectivity index (χ2n) is 7.12. The van der Waals surface area contributed by atoms with E-state index in [1.54, 1.807) is 6.92 Å². The van der Waals surface area contributed by atoms with Gasteiger partial charge in [0.2, 0.25) is 15.2 Å². The Morgan fingerprint density at radius 3 is 2.24 bits per heavy atom. The fourth-order valence-electron chi connectivity index (χ4n) is 5.06. The monoisotopic (exact) mass is 327 g/mol. The first-order valence-electron chi connectivity index (χ1n) is 7.82. The van der Waals surface area contributed by atoms with Crippen molar-refractivity contribution in [1.82, 2.24) is 10.2 Å². The highest BCUT2D eigenvalue weighted by molar-refractivity contribution is 7.92. The number of nitrogens with zero attached hydrogens (tertiary/aromatic N) is 2. The Morgan fingerprint density at radius 2 is 1.71 bits per heavy atom. The second kappa shape index (κ2) is 4.65. The van der Waals surface area contributed by atoms with E-state index in [2.05, 4.69) is 14.9 Å². The fourth-order valence-corrected chi connectivity index (χ4v) is 6.87. The molecule has 4 saturated carbocycles. The lowest BCUT2D eigenvalue weighted by Gasteiger charge is -2.55. The van der Waals surface area contributed by atoms with Crippen molar-refractivity contribution in [3.63, 3.8) is 0 Å². The third-order valence-electron chi connectivity index (χ3n) is 5.54. The fraction of sp³-hybridized carbons (Fsp3) is 0.857. The molecule has 0 spiro atoms. The van der Waals surface area contributed by atoms with Crippen LogP contribution in [0.5, 0.6) is 0 Å². The van der Waals surface area contributed by atoms with E-state index in [1.807, 2.05) is 0 Å². The molecule has 7 heteroatoms. The Bertz CT molecular complexity index is 618. The molecular formula is C14H21N3O2S2. The molecule has 5 nitrogen and oxygen atoms in total. The Hall–Kier alpha value is -0.690. The van der Waals surface area contributed by atoms with Gasteiger partial charge in [-0.2, -0.15) is 0 Å². The quantitative estimate of drug-likeness (QED) is 0.923. The van der Waals surface area contributed by atoms with Crippen LogP contribution in [0.25, 0.3) is 0 Å². The van der Waals surface area contributed by atoms with E-state index in [0.717, 1.165) is 22.8 Å². The van der Waals surface area contributed by atoms with Crippen LogP contribution < -0.4 is 4.72 Å². The first-order valence-corrected chi connectivity index (χ1v) is 10.3. The van der Waals surface area contributed by atoms with Gasteiger partial charge in [0.05, 0.1) is 5.75 Å². The van der Waals surface area contributed by atoms with Gasteiger partial charge >= 0.3 is 0 Å². The third-order valence-corrected chi connectivity index (χ3v) is 8.02. The molecule has 0 unspecified atom stereocenters. The van der Waals surface area contributed by atoms with E-state index in [1.165, 1.54) is 49.9 Å². The molecule has 1 N–H and O–H groups in total. The van der Waals surface area contributed by atoms with Crippen LogP contribution in [0.2, 0.25) is 0 Å². The van der Waals surface area contributed by atoms with E-state index in [0.29, 0.717) is 5.13 Å². The number of nitrogens with one attached hydrogen (secondary N) is 1. The molecule has 0 aliphatic heterocycles.